The van der Waals surface area contributed by atoms with E-state index in [1.165, 1.54) is 5.56 Å². The first-order valence-electron chi connectivity index (χ1n) is 8.15. The summed E-state index contributed by atoms with van der Waals surface area (Å²) < 4.78 is 0. The number of para-hydroxylation sites is 1. The number of carbonyl (C=O) groups excluding carboxylic acids is 1. The Morgan fingerprint density at radius 1 is 1.29 bits per heavy atom. The molecule has 4 nitrogen and oxygen atoms in total. The minimum Gasteiger partial charge on any atom is -0.324 e. The molecular formula is C17H25N3O. The van der Waals surface area contributed by atoms with Crippen molar-refractivity contribution in [2.45, 2.75) is 44.7 Å². The average Bonchev–Trinajstić information content (AvgIpc) is 2.96. The molecule has 1 fully saturated rings. The van der Waals surface area contributed by atoms with E-state index in [4.69, 9.17) is 0 Å². The predicted octanol–water partition coefficient (Wildman–Crippen LogP) is 2.01. The fraction of sp³-hybridized carbons (Fsp3) is 0.588. The maximum atomic E-state index is 12.7. The van der Waals surface area contributed by atoms with E-state index in [9.17, 15) is 4.79 Å². The van der Waals surface area contributed by atoms with Gasteiger partial charge in [-0.05, 0) is 50.4 Å². The molecule has 2 unspecified atom stereocenters. The number of amides is 1. The molecule has 1 aromatic rings. The second kappa shape index (κ2) is 6.58. The van der Waals surface area contributed by atoms with Crippen LogP contribution in [-0.4, -0.2) is 42.5 Å². The van der Waals surface area contributed by atoms with Crippen LogP contribution in [0.4, 0.5) is 5.69 Å². The van der Waals surface area contributed by atoms with Crippen molar-refractivity contribution in [3.05, 3.63) is 29.8 Å². The first-order chi connectivity index (χ1) is 10.3. The summed E-state index contributed by atoms with van der Waals surface area (Å²) in [4.78, 5) is 15.1. The number of fused-ring (bicyclic) bond motifs is 1. The number of rotatable bonds is 4. The maximum Gasteiger partial charge on any atom is 0.241 e. The summed E-state index contributed by atoms with van der Waals surface area (Å²) in [6.45, 7) is 5.27. The number of benzene rings is 1. The van der Waals surface area contributed by atoms with Gasteiger partial charge in [0.05, 0.1) is 6.04 Å². The van der Waals surface area contributed by atoms with E-state index in [2.05, 4.69) is 34.6 Å². The highest BCUT2D eigenvalue weighted by molar-refractivity contribution is 5.96. The van der Waals surface area contributed by atoms with Crippen molar-refractivity contribution in [1.82, 2.24) is 10.2 Å². The molecule has 0 radical (unpaired) electrons. The van der Waals surface area contributed by atoms with Crippen molar-refractivity contribution in [2.24, 2.45) is 0 Å². The Kier molecular flexibility index (Phi) is 4.56. The molecule has 1 aromatic carbocycles. The Morgan fingerprint density at radius 2 is 2.14 bits per heavy atom. The summed E-state index contributed by atoms with van der Waals surface area (Å²) in [7, 11) is 0. The van der Waals surface area contributed by atoms with Gasteiger partial charge in [-0.3, -0.25) is 9.69 Å². The van der Waals surface area contributed by atoms with Gasteiger partial charge in [-0.1, -0.05) is 25.1 Å². The molecular weight excluding hydrogens is 262 g/mol. The van der Waals surface area contributed by atoms with E-state index >= 15 is 0 Å². The maximum absolute atomic E-state index is 12.7. The summed E-state index contributed by atoms with van der Waals surface area (Å²) >= 11 is 0. The standard InChI is InChI=1S/C17H25N3O/c1-2-11-20(14-9-10-18-12-14)16-8-7-13-5-3-4-6-15(13)19-17(16)21/h3-6,14,16,18H,2,7-12H2,1H3,(H,19,21). The van der Waals surface area contributed by atoms with Gasteiger partial charge in [0.2, 0.25) is 5.91 Å². The molecule has 2 N–H and O–H groups in total. The quantitative estimate of drug-likeness (QED) is 0.890. The van der Waals surface area contributed by atoms with Crippen LogP contribution in [-0.2, 0) is 11.2 Å². The molecule has 0 aliphatic carbocycles. The third-order valence-corrected chi connectivity index (χ3v) is 4.65. The molecule has 0 aromatic heterocycles. The van der Waals surface area contributed by atoms with Crippen LogP contribution in [0.5, 0.6) is 0 Å². The van der Waals surface area contributed by atoms with Crippen LogP contribution in [0.25, 0.3) is 0 Å². The number of aryl methyl sites for hydroxylation is 1. The topological polar surface area (TPSA) is 44.4 Å². The van der Waals surface area contributed by atoms with Crippen LogP contribution in [0.1, 0.15) is 31.7 Å². The Morgan fingerprint density at radius 3 is 2.90 bits per heavy atom. The smallest absolute Gasteiger partial charge is 0.241 e. The molecule has 2 aliphatic rings. The summed E-state index contributed by atoms with van der Waals surface area (Å²) in [5, 5.41) is 6.56. The molecule has 2 atom stereocenters. The molecule has 3 rings (SSSR count). The molecule has 0 bridgehead atoms. The van der Waals surface area contributed by atoms with Crippen LogP contribution in [0, 0.1) is 0 Å². The van der Waals surface area contributed by atoms with Gasteiger partial charge in [0.1, 0.15) is 0 Å². The Labute approximate surface area is 126 Å². The first-order valence-corrected chi connectivity index (χ1v) is 8.15. The normalized spacial score (nSPS) is 25.5. The lowest BCUT2D eigenvalue weighted by molar-refractivity contribution is -0.122. The van der Waals surface area contributed by atoms with Crippen LogP contribution < -0.4 is 10.6 Å². The zero-order valence-electron chi connectivity index (χ0n) is 12.8. The Balaban J connectivity index is 1.79. The van der Waals surface area contributed by atoms with Gasteiger partial charge in [0.15, 0.2) is 0 Å². The summed E-state index contributed by atoms with van der Waals surface area (Å²) in [5.74, 6) is 0.167. The van der Waals surface area contributed by atoms with Crippen molar-refractivity contribution in [2.75, 3.05) is 25.0 Å². The molecule has 0 saturated carbocycles. The van der Waals surface area contributed by atoms with E-state index in [1.807, 2.05) is 12.1 Å². The third-order valence-electron chi connectivity index (χ3n) is 4.65. The number of nitrogens with zero attached hydrogens (tertiary/aromatic N) is 1. The minimum atomic E-state index is 0.00208. The summed E-state index contributed by atoms with van der Waals surface area (Å²) in [6, 6.07) is 8.68. The summed E-state index contributed by atoms with van der Waals surface area (Å²) in [5.41, 5.74) is 2.25. The van der Waals surface area contributed by atoms with E-state index in [0.29, 0.717) is 6.04 Å². The van der Waals surface area contributed by atoms with Crippen molar-refractivity contribution in [3.8, 4) is 0 Å². The van der Waals surface area contributed by atoms with Gasteiger partial charge in [-0.2, -0.15) is 0 Å². The molecule has 2 heterocycles. The highest BCUT2D eigenvalue weighted by atomic mass is 16.2. The van der Waals surface area contributed by atoms with E-state index in [1.54, 1.807) is 0 Å². The van der Waals surface area contributed by atoms with Crippen molar-refractivity contribution in [3.63, 3.8) is 0 Å². The summed E-state index contributed by atoms with van der Waals surface area (Å²) in [6.07, 6.45) is 4.13. The first kappa shape index (κ1) is 14.5. The van der Waals surface area contributed by atoms with Crippen molar-refractivity contribution >= 4 is 11.6 Å². The second-order valence-electron chi connectivity index (χ2n) is 6.09. The number of hydrogen-bond donors (Lipinski definition) is 2. The average molecular weight is 287 g/mol. The SMILES string of the molecule is CCCN(C1CCNC1)C1CCc2ccccc2NC1=O. The lowest BCUT2D eigenvalue weighted by atomic mass is 10.0. The van der Waals surface area contributed by atoms with E-state index in [-0.39, 0.29) is 11.9 Å². The molecule has 1 amide bonds. The zero-order valence-corrected chi connectivity index (χ0v) is 12.8. The van der Waals surface area contributed by atoms with E-state index in [0.717, 1.165) is 51.0 Å². The molecule has 0 spiro atoms. The van der Waals surface area contributed by atoms with Gasteiger partial charge < -0.3 is 10.6 Å². The monoisotopic (exact) mass is 287 g/mol. The zero-order chi connectivity index (χ0) is 14.7. The van der Waals surface area contributed by atoms with Crippen LogP contribution in [0.2, 0.25) is 0 Å². The van der Waals surface area contributed by atoms with Crippen molar-refractivity contribution in [1.29, 1.82) is 0 Å². The second-order valence-corrected chi connectivity index (χ2v) is 6.09. The molecule has 4 heteroatoms. The predicted molar refractivity (Wildman–Crippen MR) is 85.5 cm³/mol. The Bertz CT molecular complexity index is 497. The van der Waals surface area contributed by atoms with Gasteiger partial charge >= 0.3 is 0 Å². The van der Waals surface area contributed by atoms with Gasteiger partial charge in [-0.15, -0.1) is 0 Å². The number of anilines is 1. The fourth-order valence-electron chi connectivity index (χ4n) is 3.59. The lowest BCUT2D eigenvalue weighted by Gasteiger charge is -2.34. The largest absolute Gasteiger partial charge is 0.324 e. The van der Waals surface area contributed by atoms with Gasteiger partial charge in [0.25, 0.3) is 0 Å². The van der Waals surface area contributed by atoms with Crippen LogP contribution >= 0.6 is 0 Å². The van der Waals surface area contributed by atoms with Gasteiger partial charge in [-0.25, -0.2) is 0 Å². The Hall–Kier alpha value is -1.39. The number of hydrogen-bond acceptors (Lipinski definition) is 3. The number of nitrogens with one attached hydrogen (secondary N) is 2. The molecule has 114 valence electrons. The van der Waals surface area contributed by atoms with Crippen LogP contribution in [0.15, 0.2) is 24.3 Å². The van der Waals surface area contributed by atoms with E-state index < -0.39 is 0 Å². The third kappa shape index (κ3) is 3.11. The van der Waals surface area contributed by atoms with Gasteiger partial charge in [0, 0.05) is 18.3 Å². The number of carbonyl (C=O) groups is 1. The van der Waals surface area contributed by atoms with Crippen LogP contribution in [0.3, 0.4) is 0 Å². The molecule has 1 saturated heterocycles. The fourth-order valence-corrected chi connectivity index (χ4v) is 3.59. The highest BCUT2D eigenvalue weighted by Gasteiger charge is 2.33. The lowest BCUT2D eigenvalue weighted by Crippen LogP contribution is -2.50. The minimum absolute atomic E-state index is 0.00208. The molecule has 21 heavy (non-hydrogen) atoms. The highest BCUT2D eigenvalue weighted by Crippen LogP contribution is 2.25. The molecule has 2 aliphatic heterocycles. The van der Waals surface area contributed by atoms with Crippen molar-refractivity contribution < 1.29 is 4.79 Å².